The molecule has 2 N–H and O–H groups in total. The third kappa shape index (κ3) is 2.75. The van der Waals surface area contributed by atoms with Gasteiger partial charge in [0.15, 0.2) is 5.96 Å². The number of guanidine groups is 1. The summed E-state index contributed by atoms with van der Waals surface area (Å²) in [6.07, 6.45) is 0. The molecular formula is C14H19BrClN3. The highest BCUT2D eigenvalue weighted by Crippen LogP contribution is 2.38. The van der Waals surface area contributed by atoms with Crippen molar-refractivity contribution in [3.05, 3.63) is 33.3 Å². The summed E-state index contributed by atoms with van der Waals surface area (Å²) in [5.74, 6) is 1.12. The van der Waals surface area contributed by atoms with E-state index in [0.29, 0.717) is 18.4 Å². The zero-order chi connectivity index (χ0) is 14.2. The van der Waals surface area contributed by atoms with Gasteiger partial charge in [0.2, 0.25) is 0 Å². The van der Waals surface area contributed by atoms with Crippen molar-refractivity contribution in [1.29, 1.82) is 0 Å². The molecule has 1 unspecified atom stereocenters. The highest BCUT2D eigenvalue weighted by molar-refractivity contribution is 9.10. The number of nitrogens with two attached hydrogens (primary N) is 1. The topological polar surface area (TPSA) is 41.6 Å². The van der Waals surface area contributed by atoms with Crippen molar-refractivity contribution in [2.75, 3.05) is 13.1 Å². The minimum Gasteiger partial charge on any atom is -0.370 e. The molecule has 1 atom stereocenters. The molecule has 0 aliphatic carbocycles. The van der Waals surface area contributed by atoms with Crippen molar-refractivity contribution in [1.82, 2.24) is 4.90 Å². The Morgan fingerprint density at radius 1 is 1.53 bits per heavy atom. The summed E-state index contributed by atoms with van der Waals surface area (Å²) in [5, 5.41) is 0.746. The molecule has 1 heterocycles. The van der Waals surface area contributed by atoms with Crippen LogP contribution in [0.1, 0.15) is 26.3 Å². The molecule has 0 bridgehead atoms. The Kier molecular flexibility index (Phi) is 4.11. The number of benzene rings is 1. The average Bonchev–Trinajstić information content (AvgIpc) is 2.57. The summed E-state index contributed by atoms with van der Waals surface area (Å²) >= 11 is 9.84. The minimum absolute atomic E-state index is 0.258. The van der Waals surface area contributed by atoms with Gasteiger partial charge in [0.1, 0.15) is 0 Å². The lowest BCUT2D eigenvalue weighted by atomic mass is 9.90. The fraction of sp³-hybridized carbons (Fsp3) is 0.500. The average molecular weight is 345 g/mol. The molecular weight excluding hydrogens is 326 g/mol. The van der Waals surface area contributed by atoms with Crippen molar-refractivity contribution >= 4 is 33.5 Å². The molecule has 5 heteroatoms. The van der Waals surface area contributed by atoms with E-state index in [-0.39, 0.29) is 5.54 Å². The molecule has 1 aliphatic heterocycles. The predicted molar refractivity (Wildman–Crippen MR) is 84.5 cm³/mol. The van der Waals surface area contributed by atoms with E-state index in [2.05, 4.69) is 46.6 Å². The van der Waals surface area contributed by atoms with Gasteiger partial charge in [-0.15, -0.1) is 0 Å². The van der Waals surface area contributed by atoms with E-state index in [1.54, 1.807) is 0 Å². The molecule has 104 valence electrons. The van der Waals surface area contributed by atoms with E-state index < -0.39 is 0 Å². The van der Waals surface area contributed by atoms with Crippen LogP contribution in [0.3, 0.4) is 0 Å². The van der Waals surface area contributed by atoms with Gasteiger partial charge in [-0.3, -0.25) is 4.99 Å². The molecule has 0 amide bonds. The Morgan fingerprint density at radius 2 is 2.21 bits per heavy atom. The maximum Gasteiger partial charge on any atom is 0.192 e. The lowest BCUT2D eigenvalue weighted by Crippen LogP contribution is -2.49. The lowest BCUT2D eigenvalue weighted by Gasteiger charge is -2.38. The molecule has 0 saturated carbocycles. The molecule has 0 spiro atoms. The molecule has 0 radical (unpaired) electrons. The van der Waals surface area contributed by atoms with E-state index in [1.165, 1.54) is 0 Å². The van der Waals surface area contributed by atoms with Gasteiger partial charge in [-0.25, -0.2) is 0 Å². The van der Waals surface area contributed by atoms with E-state index in [0.717, 1.165) is 21.6 Å². The largest absolute Gasteiger partial charge is 0.370 e. The molecule has 0 saturated heterocycles. The molecule has 0 aromatic heterocycles. The highest BCUT2D eigenvalue weighted by atomic mass is 79.9. The molecule has 1 aliphatic rings. The third-order valence-corrected chi connectivity index (χ3v) is 4.29. The summed E-state index contributed by atoms with van der Waals surface area (Å²) < 4.78 is 0.979. The fourth-order valence-corrected chi connectivity index (χ4v) is 3.35. The maximum atomic E-state index is 6.40. The number of rotatable bonds is 3. The first-order valence-corrected chi connectivity index (χ1v) is 7.55. The molecule has 1 aromatic carbocycles. The Morgan fingerprint density at radius 3 is 2.79 bits per heavy atom. The van der Waals surface area contributed by atoms with Crippen LogP contribution < -0.4 is 5.73 Å². The van der Waals surface area contributed by atoms with Crippen molar-refractivity contribution in [3.63, 3.8) is 0 Å². The van der Waals surface area contributed by atoms with Crippen LogP contribution in [-0.4, -0.2) is 23.9 Å². The first kappa shape index (κ1) is 14.7. The van der Waals surface area contributed by atoms with Crippen LogP contribution in [0.25, 0.3) is 0 Å². The standard InChI is InChI=1S/C14H19BrClN3/c1-9(2)7-19-13(17)18-8-14(19,3)11-5-4-10(15)6-12(11)16/h4-6,9H,7-8H2,1-3H3,(H2,17,18). The van der Waals surface area contributed by atoms with Crippen molar-refractivity contribution < 1.29 is 0 Å². The normalized spacial score (nSPS) is 23.1. The van der Waals surface area contributed by atoms with Crippen LogP contribution >= 0.6 is 27.5 Å². The highest BCUT2D eigenvalue weighted by Gasteiger charge is 2.40. The van der Waals surface area contributed by atoms with Gasteiger partial charge in [0.25, 0.3) is 0 Å². The summed E-state index contributed by atoms with van der Waals surface area (Å²) in [6, 6.07) is 5.98. The Hall–Kier alpha value is -0.740. The van der Waals surface area contributed by atoms with Crippen molar-refractivity contribution in [2.45, 2.75) is 26.3 Å². The van der Waals surface area contributed by atoms with Gasteiger partial charge in [0, 0.05) is 16.0 Å². The van der Waals surface area contributed by atoms with Gasteiger partial charge < -0.3 is 10.6 Å². The molecule has 2 rings (SSSR count). The van der Waals surface area contributed by atoms with Crippen molar-refractivity contribution in [2.24, 2.45) is 16.6 Å². The van der Waals surface area contributed by atoms with Crippen LogP contribution in [-0.2, 0) is 5.54 Å². The van der Waals surface area contributed by atoms with Crippen LogP contribution in [0, 0.1) is 5.92 Å². The number of aliphatic imine (C=N–C) groups is 1. The zero-order valence-corrected chi connectivity index (χ0v) is 13.8. The third-order valence-electron chi connectivity index (χ3n) is 3.48. The predicted octanol–water partition coefficient (Wildman–Crippen LogP) is 3.60. The van der Waals surface area contributed by atoms with E-state index in [1.807, 2.05) is 18.2 Å². The van der Waals surface area contributed by atoms with Gasteiger partial charge in [-0.05, 0) is 30.5 Å². The van der Waals surface area contributed by atoms with E-state index in [4.69, 9.17) is 17.3 Å². The summed E-state index contributed by atoms with van der Waals surface area (Å²) in [5.41, 5.74) is 6.86. The van der Waals surface area contributed by atoms with Crippen LogP contribution in [0.5, 0.6) is 0 Å². The lowest BCUT2D eigenvalue weighted by molar-refractivity contribution is 0.204. The summed E-state index contributed by atoms with van der Waals surface area (Å²) in [7, 11) is 0. The van der Waals surface area contributed by atoms with Crippen molar-refractivity contribution in [3.8, 4) is 0 Å². The zero-order valence-electron chi connectivity index (χ0n) is 11.5. The first-order chi connectivity index (χ1) is 8.84. The quantitative estimate of drug-likeness (QED) is 0.910. The maximum absolute atomic E-state index is 6.40. The molecule has 3 nitrogen and oxygen atoms in total. The van der Waals surface area contributed by atoms with E-state index >= 15 is 0 Å². The van der Waals surface area contributed by atoms with Gasteiger partial charge in [-0.2, -0.15) is 0 Å². The summed E-state index contributed by atoms with van der Waals surface area (Å²) in [6.45, 7) is 8.02. The SMILES string of the molecule is CC(C)CN1C(N)=NCC1(C)c1ccc(Br)cc1Cl. The monoisotopic (exact) mass is 343 g/mol. The van der Waals surface area contributed by atoms with Gasteiger partial charge >= 0.3 is 0 Å². The fourth-order valence-electron chi connectivity index (χ4n) is 2.48. The molecule has 19 heavy (non-hydrogen) atoms. The first-order valence-electron chi connectivity index (χ1n) is 6.37. The Labute approximate surface area is 128 Å². The second-order valence-corrected chi connectivity index (χ2v) is 6.90. The number of nitrogens with zero attached hydrogens (tertiary/aromatic N) is 2. The summed E-state index contributed by atoms with van der Waals surface area (Å²) in [4.78, 5) is 6.57. The number of hydrogen-bond donors (Lipinski definition) is 1. The smallest absolute Gasteiger partial charge is 0.192 e. The Balaban J connectivity index is 2.41. The second kappa shape index (κ2) is 5.33. The minimum atomic E-state index is -0.258. The van der Waals surface area contributed by atoms with E-state index in [9.17, 15) is 0 Å². The van der Waals surface area contributed by atoms with Gasteiger partial charge in [-0.1, -0.05) is 47.4 Å². The second-order valence-electron chi connectivity index (χ2n) is 5.58. The number of halogens is 2. The van der Waals surface area contributed by atoms with Crippen LogP contribution in [0.15, 0.2) is 27.7 Å². The van der Waals surface area contributed by atoms with Crippen LogP contribution in [0.2, 0.25) is 5.02 Å². The molecule has 0 fully saturated rings. The Bertz CT molecular complexity index is 515. The number of hydrogen-bond acceptors (Lipinski definition) is 3. The molecule has 1 aromatic rings. The van der Waals surface area contributed by atoms with Crippen LogP contribution in [0.4, 0.5) is 0 Å². The van der Waals surface area contributed by atoms with Gasteiger partial charge in [0.05, 0.1) is 12.1 Å².